The van der Waals surface area contributed by atoms with Crippen molar-refractivity contribution in [1.82, 2.24) is 25.0 Å². The van der Waals surface area contributed by atoms with E-state index in [9.17, 15) is 4.79 Å². The van der Waals surface area contributed by atoms with Crippen molar-refractivity contribution in [2.45, 2.75) is 39.0 Å². The van der Waals surface area contributed by atoms with Crippen LogP contribution in [0.15, 0.2) is 11.2 Å². The summed E-state index contributed by atoms with van der Waals surface area (Å²) in [4.78, 5) is 29.3. The Bertz CT molecular complexity index is 647. The molecule has 0 aliphatic carbocycles. The molecule has 0 bridgehead atoms. The molecule has 28 heavy (non-hydrogen) atoms. The number of guanidine groups is 1. The predicted molar refractivity (Wildman–Crippen MR) is 115 cm³/mol. The zero-order valence-electron chi connectivity index (χ0n) is 17.3. The minimum absolute atomic E-state index is 0.297. The first-order valence-corrected chi connectivity index (χ1v) is 11.4. The van der Waals surface area contributed by atoms with Crippen molar-refractivity contribution in [1.29, 1.82) is 0 Å². The molecule has 1 aromatic rings. The Kier molecular flexibility index (Phi) is 8.09. The summed E-state index contributed by atoms with van der Waals surface area (Å²) >= 11 is 1.80. The Hall–Kier alpha value is -1.67. The number of nitrogens with one attached hydrogen (secondary N) is 1. The van der Waals surface area contributed by atoms with Gasteiger partial charge in [0.15, 0.2) is 5.96 Å². The summed E-state index contributed by atoms with van der Waals surface area (Å²) < 4.78 is 0. The quantitative estimate of drug-likeness (QED) is 0.572. The number of carbonyl (C=O) groups excluding carboxylic acids is 1. The highest BCUT2D eigenvalue weighted by molar-refractivity contribution is 7.11. The first-order chi connectivity index (χ1) is 13.7. The minimum Gasteiger partial charge on any atom is -0.356 e. The summed E-state index contributed by atoms with van der Waals surface area (Å²) in [6.45, 7) is 9.08. The molecule has 0 unspecified atom stereocenters. The van der Waals surface area contributed by atoms with Crippen LogP contribution in [0.25, 0.3) is 0 Å². The van der Waals surface area contributed by atoms with Gasteiger partial charge in [-0.1, -0.05) is 6.92 Å². The number of rotatable bonds is 6. The summed E-state index contributed by atoms with van der Waals surface area (Å²) in [5, 5.41) is 4.65. The number of piperazine rings is 1. The van der Waals surface area contributed by atoms with Gasteiger partial charge in [0.05, 0.1) is 11.6 Å². The number of aliphatic imine (C=N–C) groups is 1. The van der Waals surface area contributed by atoms with Crippen LogP contribution < -0.4 is 5.32 Å². The van der Waals surface area contributed by atoms with Gasteiger partial charge in [0.2, 0.25) is 5.91 Å². The summed E-state index contributed by atoms with van der Waals surface area (Å²) in [6.07, 6.45) is 7.53. The Morgan fingerprint density at radius 2 is 1.89 bits per heavy atom. The number of aryl methyl sites for hydroxylation is 1. The third-order valence-corrected chi connectivity index (χ3v) is 6.72. The monoisotopic (exact) mass is 406 g/mol. The molecule has 8 heteroatoms. The number of nitrogens with zero attached hydrogens (tertiary/aromatic N) is 5. The van der Waals surface area contributed by atoms with Crippen molar-refractivity contribution in [3.8, 4) is 0 Å². The molecule has 1 amide bonds. The maximum absolute atomic E-state index is 12.5. The molecule has 2 fully saturated rings. The average Bonchev–Trinajstić information content (AvgIpc) is 3.21. The number of thiazole rings is 1. The average molecular weight is 407 g/mol. The van der Waals surface area contributed by atoms with Gasteiger partial charge < -0.3 is 15.1 Å². The van der Waals surface area contributed by atoms with Gasteiger partial charge in [-0.2, -0.15) is 0 Å². The van der Waals surface area contributed by atoms with Crippen molar-refractivity contribution in [2.75, 3.05) is 59.4 Å². The number of hydrogen-bond acceptors (Lipinski definition) is 5. The number of amides is 1. The van der Waals surface area contributed by atoms with Crippen molar-refractivity contribution < 1.29 is 4.79 Å². The van der Waals surface area contributed by atoms with Crippen LogP contribution in [0.1, 0.15) is 36.1 Å². The van der Waals surface area contributed by atoms with E-state index < -0.39 is 0 Å². The van der Waals surface area contributed by atoms with E-state index in [1.165, 1.54) is 16.3 Å². The molecular weight excluding hydrogens is 372 g/mol. The van der Waals surface area contributed by atoms with Crippen LogP contribution in [0.5, 0.6) is 0 Å². The number of hydrogen-bond donors (Lipinski definition) is 1. The molecule has 0 spiro atoms. The molecule has 7 nitrogen and oxygen atoms in total. The third-order valence-electron chi connectivity index (χ3n) is 5.52. The van der Waals surface area contributed by atoms with Gasteiger partial charge in [0.1, 0.15) is 0 Å². The zero-order chi connectivity index (χ0) is 19.8. The fourth-order valence-corrected chi connectivity index (χ4v) is 4.65. The molecule has 0 saturated carbocycles. The minimum atomic E-state index is 0.297. The van der Waals surface area contributed by atoms with Gasteiger partial charge in [0, 0.05) is 70.4 Å². The van der Waals surface area contributed by atoms with Crippen molar-refractivity contribution in [3.63, 3.8) is 0 Å². The van der Waals surface area contributed by atoms with Crippen LogP contribution in [0, 0.1) is 0 Å². The molecule has 0 radical (unpaired) electrons. The van der Waals surface area contributed by atoms with Crippen LogP contribution in [0.2, 0.25) is 0 Å². The molecule has 0 atom stereocenters. The van der Waals surface area contributed by atoms with E-state index in [-0.39, 0.29) is 0 Å². The van der Waals surface area contributed by atoms with E-state index in [1.807, 2.05) is 18.1 Å². The van der Waals surface area contributed by atoms with Crippen molar-refractivity contribution >= 4 is 23.2 Å². The molecule has 2 saturated heterocycles. The summed E-state index contributed by atoms with van der Waals surface area (Å²) in [5.41, 5.74) is 0. The van der Waals surface area contributed by atoms with Crippen LogP contribution in [0.3, 0.4) is 0 Å². The van der Waals surface area contributed by atoms with Gasteiger partial charge in [-0.05, 0) is 25.7 Å². The fraction of sp³-hybridized carbons (Fsp3) is 0.750. The van der Waals surface area contributed by atoms with Gasteiger partial charge in [-0.15, -0.1) is 11.3 Å². The van der Waals surface area contributed by atoms with Crippen LogP contribution in [-0.4, -0.2) is 91.0 Å². The lowest BCUT2D eigenvalue weighted by Gasteiger charge is -2.37. The lowest BCUT2D eigenvalue weighted by atomic mass is 10.1. The van der Waals surface area contributed by atoms with Gasteiger partial charge >= 0.3 is 0 Å². The van der Waals surface area contributed by atoms with Crippen molar-refractivity contribution in [2.24, 2.45) is 4.99 Å². The molecule has 3 heterocycles. The second-order valence-electron chi connectivity index (χ2n) is 7.50. The Labute approximate surface area is 172 Å². The largest absolute Gasteiger partial charge is 0.356 e. The maximum Gasteiger partial charge on any atom is 0.236 e. The number of piperidine rings is 1. The molecule has 1 aromatic heterocycles. The van der Waals surface area contributed by atoms with E-state index in [4.69, 9.17) is 0 Å². The van der Waals surface area contributed by atoms with Crippen LogP contribution in [-0.2, 0) is 17.6 Å². The Balaban J connectivity index is 1.38. The lowest BCUT2D eigenvalue weighted by Crippen LogP contribution is -2.54. The standard InChI is InChI=1S/C20H34N6OS/c1-3-17-15-23-18(28-17)7-8-22-20(21-2)26-13-11-24(12-14-26)16-19(27)25-9-5-4-6-10-25/h15H,3-14,16H2,1-2H3,(H,21,22). The summed E-state index contributed by atoms with van der Waals surface area (Å²) in [7, 11) is 1.84. The summed E-state index contributed by atoms with van der Waals surface area (Å²) in [6, 6.07) is 0. The Morgan fingerprint density at radius 3 is 2.54 bits per heavy atom. The fourth-order valence-electron chi connectivity index (χ4n) is 3.79. The predicted octanol–water partition coefficient (Wildman–Crippen LogP) is 1.45. The molecular formula is C20H34N6OS. The van der Waals surface area contributed by atoms with E-state index in [1.54, 1.807) is 11.3 Å². The molecule has 156 valence electrons. The second-order valence-corrected chi connectivity index (χ2v) is 8.70. The zero-order valence-corrected chi connectivity index (χ0v) is 18.1. The first-order valence-electron chi connectivity index (χ1n) is 10.6. The molecule has 0 aromatic carbocycles. The van der Waals surface area contributed by atoms with E-state index in [0.717, 1.165) is 77.5 Å². The normalized spacial score (nSPS) is 19.1. The highest BCUT2D eigenvalue weighted by atomic mass is 32.1. The van der Waals surface area contributed by atoms with Gasteiger partial charge in [-0.25, -0.2) is 4.98 Å². The number of likely N-dealkylation sites (tertiary alicyclic amines) is 1. The molecule has 1 N–H and O–H groups in total. The SMILES string of the molecule is CCc1cnc(CCNC(=NC)N2CCN(CC(=O)N3CCCCC3)CC2)s1. The molecule has 3 rings (SSSR count). The van der Waals surface area contributed by atoms with E-state index in [2.05, 4.69) is 32.0 Å². The highest BCUT2D eigenvalue weighted by Gasteiger charge is 2.24. The number of aromatic nitrogens is 1. The van der Waals surface area contributed by atoms with Gasteiger partial charge in [0.25, 0.3) is 0 Å². The van der Waals surface area contributed by atoms with Crippen LogP contribution in [0.4, 0.5) is 0 Å². The highest BCUT2D eigenvalue weighted by Crippen LogP contribution is 2.13. The Morgan fingerprint density at radius 1 is 1.14 bits per heavy atom. The smallest absolute Gasteiger partial charge is 0.236 e. The van der Waals surface area contributed by atoms with Crippen molar-refractivity contribution in [3.05, 3.63) is 16.1 Å². The van der Waals surface area contributed by atoms with Crippen LogP contribution >= 0.6 is 11.3 Å². The topological polar surface area (TPSA) is 64.1 Å². The first kappa shape index (κ1) is 21.0. The maximum atomic E-state index is 12.5. The lowest BCUT2D eigenvalue weighted by molar-refractivity contribution is -0.133. The second kappa shape index (κ2) is 10.8. The number of carbonyl (C=O) groups is 1. The van der Waals surface area contributed by atoms with E-state index in [0.29, 0.717) is 12.5 Å². The third kappa shape index (κ3) is 5.91. The summed E-state index contributed by atoms with van der Waals surface area (Å²) in [5.74, 6) is 1.25. The molecule has 2 aliphatic rings. The molecule has 2 aliphatic heterocycles. The van der Waals surface area contributed by atoms with E-state index >= 15 is 0 Å². The van der Waals surface area contributed by atoms with Gasteiger partial charge in [-0.3, -0.25) is 14.7 Å².